The van der Waals surface area contributed by atoms with Gasteiger partial charge in [-0.2, -0.15) is 22.0 Å². The lowest BCUT2D eigenvalue weighted by molar-refractivity contribution is -0.278. The predicted octanol–water partition coefficient (Wildman–Crippen LogP) is 1.71. The van der Waals surface area contributed by atoms with E-state index < -0.39 is 24.6 Å². The van der Waals surface area contributed by atoms with Crippen LogP contribution < -0.4 is 5.32 Å². The summed E-state index contributed by atoms with van der Waals surface area (Å²) in [5, 5.41) is 1.47. The molecule has 78 valence electrons. The zero-order valence-corrected chi connectivity index (χ0v) is 6.71. The Labute approximate surface area is 71.1 Å². The summed E-state index contributed by atoms with van der Waals surface area (Å²) in [6.45, 7) is -0.357. The van der Waals surface area contributed by atoms with Crippen LogP contribution in [-0.4, -0.2) is 24.6 Å². The van der Waals surface area contributed by atoms with Crippen molar-refractivity contribution in [1.82, 2.24) is 5.32 Å². The number of amides is 1. The van der Waals surface area contributed by atoms with E-state index in [2.05, 4.69) is 0 Å². The van der Waals surface area contributed by atoms with E-state index in [1.165, 1.54) is 12.2 Å². The maximum Gasteiger partial charge on any atom is 0.455 e. The highest BCUT2D eigenvalue weighted by Crippen LogP contribution is 2.34. The van der Waals surface area contributed by atoms with Gasteiger partial charge in [0.2, 0.25) is 5.91 Å². The summed E-state index contributed by atoms with van der Waals surface area (Å²) in [6.07, 6.45) is -5.75. The number of carbonyl (C=O) groups excluding carboxylic acids is 1. The first kappa shape index (κ1) is 12.1. The molecule has 1 amide bonds. The third kappa shape index (κ3) is 3.56. The third-order valence-corrected chi connectivity index (χ3v) is 1.24. The van der Waals surface area contributed by atoms with Gasteiger partial charge >= 0.3 is 12.1 Å². The van der Waals surface area contributed by atoms with Crippen LogP contribution in [0.1, 0.15) is 13.3 Å². The van der Waals surface area contributed by atoms with Gasteiger partial charge in [-0.25, -0.2) is 0 Å². The Kier molecular flexibility index (Phi) is 3.62. The summed E-state index contributed by atoms with van der Waals surface area (Å²) in [6, 6.07) is 0. The Hall–Kier alpha value is -0.880. The van der Waals surface area contributed by atoms with Crippen molar-refractivity contribution in [2.24, 2.45) is 0 Å². The van der Waals surface area contributed by atoms with E-state index in [1.807, 2.05) is 0 Å². The largest absolute Gasteiger partial charge is 0.455 e. The first-order valence-corrected chi connectivity index (χ1v) is 3.42. The fourth-order valence-electron chi connectivity index (χ4n) is 0.435. The summed E-state index contributed by atoms with van der Waals surface area (Å²) < 4.78 is 58.6. The molecular formula is C6H8F5NO. The minimum Gasteiger partial charge on any atom is -0.350 e. The SMILES string of the molecule is CCC(=O)NCC(F)(F)C(F)(F)F. The lowest BCUT2D eigenvalue weighted by Crippen LogP contribution is -2.46. The summed E-state index contributed by atoms with van der Waals surface area (Å²) in [4.78, 5) is 10.4. The topological polar surface area (TPSA) is 29.1 Å². The molecule has 0 aromatic carbocycles. The smallest absolute Gasteiger partial charge is 0.350 e. The molecule has 0 aromatic rings. The van der Waals surface area contributed by atoms with Crippen molar-refractivity contribution >= 4 is 5.91 Å². The van der Waals surface area contributed by atoms with E-state index in [0.717, 1.165) is 0 Å². The van der Waals surface area contributed by atoms with Crippen LogP contribution >= 0.6 is 0 Å². The van der Waals surface area contributed by atoms with Crippen LogP contribution in [0, 0.1) is 0 Å². The number of hydrogen-bond acceptors (Lipinski definition) is 1. The van der Waals surface area contributed by atoms with E-state index >= 15 is 0 Å². The van der Waals surface area contributed by atoms with Gasteiger partial charge in [0, 0.05) is 6.42 Å². The molecular weight excluding hydrogens is 197 g/mol. The molecule has 13 heavy (non-hydrogen) atoms. The van der Waals surface area contributed by atoms with Gasteiger partial charge < -0.3 is 5.32 Å². The molecule has 0 aliphatic rings. The fraction of sp³-hybridized carbons (Fsp3) is 0.833. The van der Waals surface area contributed by atoms with Gasteiger partial charge in [0.05, 0.1) is 6.54 Å². The first-order valence-electron chi connectivity index (χ1n) is 3.42. The second-order valence-electron chi connectivity index (χ2n) is 2.33. The average molecular weight is 205 g/mol. The molecule has 0 unspecified atom stereocenters. The maximum absolute atomic E-state index is 12.1. The van der Waals surface area contributed by atoms with Gasteiger partial charge in [0.25, 0.3) is 0 Å². The van der Waals surface area contributed by atoms with Crippen LogP contribution in [0.2, 0.25) is 0 Å². The Bertz CT molecular complexity index is 188. The molecule has 2 nitrogen and oxygen atoms in total. The zero-order valence-electron chi connectivity index (χ0n) is 6.71. The molecule has 7 heteroatoms. The van der Waals surface area contributed by atoms with Crippen molar-refractivity contribution in [2.45, 2.75) is 25.4 Å². The Morgan fingerprint density at radius 3 is 2.00 bits per heavy atom. The van der Waals surface area contributed by atoms with E-state index in [4.69, 9.17) is 0 Å². The quantitative estimate of drug-likeness (QED) is 0.698. The number of alkyl halides is 5. The van der Waals surface area contributed by atoms with E-state index in [9.17, 15) is 26.7 Å². The molecule has 0 spiro atoms. The number of hydrogen-bond donors (Lipinski definition) is 1. The summed E-state index contributed by atoms with van der Waals surface area (Å²) in [7, 11) is 0. The first-order chi connectivity index (χ1) is 5.70. The van der Waals surface area contributed by atoms with Gasteiger partial charge in [0.1, 0.15) is 0 Å². The number of carbonyl (C=O) groups is 1. The van der Waals surface area contributed by atoms with Crippen LogP contribution in [-0.2, 0) is 4.79 Å². The minimum atomic E-state index is -5.62. The molecule has 0 aromatic heterocycles. The van der Waals surface area contributed by atoms with Crippen molar-refractivity contribution < 1.29 is 26.7 Å². The van der Waals surface area contributed by atoms with Crippen molar-refractivity contribution in [1.29, 1.82) is 0 Å². The van der Waals surface area contributed by atoms with Gasteiger partial charge in [-0.3, -0.25) is 4.79 Å². The van der Waals surface area contributed by atoms with E-state index in [-0.39, 0.29) is 6.42 Å². The molecule has 0 fully saturated rings. The molecule has 0 aliphatic heterocycles. The normalized spacial score (nSPS) is 12.8. The molecule has 0 atom stereocenters. The van der Waals surface area contributed by atoms with E-state index in [0.29, 0.717) is 0 Å². The van der Waals surface area contributed by atoms with Gasteiger partial charge in [-0.15, -0.1) is 0 Å². The van der Waals surface area contributed by atoms with Crippen LogP contribution in [0.4, 0.5) is 22.0 Å². The zero-order chi connectivity index (χ0) is 10.7. The van der Waals surface area contributed by atoms with Gasteiger partial charge in [0.15, 0.2) is 0 Å². The Balaban J connectivity index is 4.12. The second-order valence-corrected chi connectivity index (χ2v) is 2.33. The molecule has 0 saturated heterocycles. The van der Waals surface area contributed by atoms with Crippen LogP contribution in [0.15, 0.2) is 0 Å². The monoisotopic (exact) mass is 205 g/mol. The second kappa shape index (κ2) is 3.89. The summed E-state index contributed by atoms with van der Waals surface area (Å²) in [5.41, 5.74) is 0. The fourth-order valence-corrected chi connectivity index (χ4v) is 0.435. The molecule has 0 saturated carbocycles. The molecule has 0 rings (SSSR count). The van der Waals surface area contributed by atoms with Gasteiger partial charge in [-0.05, 0) is 0 Å². The Morgan fingerprint density at radius 2 is 1.69 bits per heavy atom. The molecule has 0 aliphatic carbocycles. The van der Waals surface area contributed by atoms with Crippen LogP contribution in [0.3, 0.4) is 0 Å². The van der Waals surface area contributed by atoms with Gasteiger partial charge in [-0.1, -0.05) is 6.92 Å². The highest BCUT2D eigenvalue weighted by atomic mass is 19.4. The van der Waals surface area contributed by atoms with E-state index in [1.54, 1.807) is 0 Å². The lowest BCUT2D eigenvalue weighted by atomic mass is 10.3. The molecule has 0 heterocycles. The maximum atomic E-state index is 12.1. The Morgan fingerprint density at radius 1 is 1.23 bits per heavy atom. The lowest BCUT2D eigenvalue weighted by Gasteiger charge is -2.19. The highest BCUT2D eigenvalue weighted by molar-refractivity contribution is 5.75. The number of nitrogens with one attached hydrogen (secondary N) is 1. The summed E-state index contributed by atoms with van der Waals surface area (Å²) in [5.74, 6) is -5.71. The minimum absolute atomic E-state index is 0.131. The van der Waals surface area contributed by atoms with Crippen molar-refractivity contribution in [3.05, 3.63) is 0 Å². The standard InChI is InChI=1S/C6H8F5NO/c1-2-4(13)12-3-5(7,8)6(9,10)11/h2-3H2,1H3,(H,12,13). The number of rotatable bonds is 3. The van der Waals surface area contributed by atoms with Crippen molar-refractivity contribution in [2.75, 3.05) is 6.54 Å². The molecule has 1 N–H and O–H groups in total. The molecule has 0 bridgehead atoms. The third-order valence-electron chi connectivity index (χ3n) is 1.24. The van der Waals surface area contributed by atoms with Crippen molar-refractivity contribution in [3.8, 4) is 0 Å². The number of halogens is 5. The summed E-state index contributed by atoms with van der Waals surface area (Å²) >= 11 is 0. The van der Waals surface area contributed by atoms with Crippen LogP contribution in [0.25, 0.3) is 0 Å². The molecule has 0 radical (unpaired) electrons. The van der Waals surface area contributed by atoms with Crippen LogP contribution in [0.5, 0.6) is 0 Å². The van der Waals surface area contributed by atoms with Crippen molar-refractivity contribution in [3.63, 3.8) is 0 Å². The predicted molar refractivity (Wildman–Crippen MR) is 34.3 cm³/mol. The highest BCUT2D eigenvalue weighted by Gasteiger charge is 2.57. The average Bonchev–Trinajstić information content (AvgIpc) is 1.98.